The van der Waals surface area contributed by atoms with Gasteiger partial charge in [0.25, 0.3) is 10.0 Å². The van der Waals surface area contributed by atoms with Gasteiger partial charge in [0.05, 0.1) is 17.5 Å². The van der Waals surface area contributed by atoms with E-state index in [0.717, 1.165) is 11.8 Å². The van der Waals surface area contributed by atoms with Crippen LogP contribution in [-0.2, 0) is 19.6 Å². The molecular formula is C22H20FN3O4S. The highest BCUT2D eigenvalue weighted by atomic mass is 32.2. The fraction of sp³-hybridized carbons (Fsp3) is 0.227. The van der Waals surface area contributed by atoms with Gasteiger partial charge in [-0.2, -0.15) is 0 Å². The average Bonchev–Trinajstić information content (AvgIpc) is 3.14. The Labute approximate surface area is 178 Å². The lowest BCUT2D eigenvalue weighted by Crippen LogP contribution is -2.37. The molecule has 4 rings (SSSR count). The molecule has 1 N–H and O–H groups in total. The number of amides is 2. The molecule has 9 heteroatoms. The van der Waals surface area contributed by atoms with E-state index in [1.807, 2.05) is 42.0 Å². The van der Waals surface area contributed by atoms with Crippen LogP contribution in [0.4, 0.5) is 4.39 Å². The minimum absolute atomic E-state index is 0.0697. The van der Waals surface area contributed by atoms with E-state index >= 15 is 0 Å². The number of carbonyl (C=O) groups excluding carboxylic acids is 2. The van der Waals surface area contributed by atoms with Gasteiger partial charge in [-0.05, 0) is 36.8 Å². The van der Waals surface area contributed by atoms with Gasteiger partial charge in [0, 0.05) is 24.5 Å². The number of benzene rings is 2. The topological polar surface area (TPSA) is 96.4 Å². The van der Waals surface area contributed by atoms with Gasteiger partial charge in [-0.1, -0.05) is 30.3 Å². The zero-order chi connectivity index (χ0) is 22.2. The van der Waals surface area contributed by atoms with Gasteiger partial charge in [-0.25, -0.2) is 17.5 Å². The molecule has 2 atom stereocenters. The minimum Gasteiger partial charge on any atom is -0.335 e. The third kappa shape index (κ3) is 4.27. The molecule has 0 spiro atoms. The molecule has 2 aromatic carbocycles. The fourth-order valence-corrected chi connectivity index (χ4v) is 4.72. The summed E-state index contributed by atoms with van der Waals surface area (Å²) in [4.78, 5) is 30.5. The van der Waals surface area contributed by atoms with Crippen LogP contribution in [-0.4, -0.2) is 36.7 Å². The Morgan fingerprint density at radius 1 is 1.19 bits per heavy atom. The number of halogens is 1. The molecule has 31 heavy (non-hydrogen) atoms. The number of pyridine rings is 1. The third-order valence-electron chi connectivity index (χ3n) is 5.44. The molecule has 1 fully saturated rings. The summed E-state index contributed by atoms with van der Waals surface area (Å²) in [7, 11) is -4.22. The molecule has 1 aromatic heterocycles. The highest BCUT2D eigenvalue weighted by molar-refractivity contribution is 7.90. The second kappa shape index (κ2) is 8.07. The van der Waals surface area contributed by atoms with Gasteiger partial charge in [-0.3, -0.25) is 14.6 Å². The summed E-state index contributed by atoms with van der Waals surface area (Å²) in [6.45, 7) is 1.99. The van der Waals surface area contributed by atoms with E-state index < -0.39 is 27.7 Å². The van der Waals surface area contributed by atoms with Crippen molar-refractivity contribution in [2.45, 2.75) is 24.3 Å². The number of rotatable bonds is 5. The molecule has 0 aliphatic carbocycles. The number of hydrogen-bond donors (Lipinski definition) is 1. The van der Waals surface area contributed by atoms with Crippen molar-refractivity contribution in [1.29, 1.82) is 0 Å². The Bertz CT molecular complexity index is 1260. The maximum atomic E-state index is 13.5. The number of sulfonamides is 1. The van der Waals surface area contributed by atoms with Gasteiger partial charge in [0.2, 0.25) is 11.8 Å². The Kier molecular flexibility index (Phi) is 5.45. The van der Waals surface area contributed by atoms with E-state index in [4.69, 9.17) is 0 Å². The summed E-state index contributed by atoms with van der Waals surface area (Å²) in [6, 6.07) is 14.3. The second-order valence-electron chi connectivity index (χ2n) is 7.51. The molecule has 7 nitrogen and oxygen atoms in total. The normalized spacial score (nSPS) is 17.7. The molecule has 0 radical (unpaired) electrons. The van der Waals surface area contributed by atoms with Crippen LogP contribution in [0.1, 0.15) is 24.9 Å². The van der Waals surface area contributed by atoms with Crippen LogP contribution < -0.4 is 4.72 Å². The van der Waals surface area contributed by atoms with Crippen molar-refractivity contribution in [3.8, 4) is 0 Å². The molecule has 0 bridgehead atoms. The van der Waals surface area contributed by atoms with Crippen molar-refractivity contribution in [3.63, 3.8) is 0 Å². The van der Waals surface area contributed by atoms with Crippen molar-refractivity contribution in [2.24, 2.45) is 5.92 Å². The summed E-state index contributed by atoms with van der Waals surface area (Å²) < 4.78 is 40.9. The Balaban J connectivity index is 1.49. The minimum atomic E-state index is -4.22. The predicted molar refractivity (Wildman–Crippen MR) is 112 cm³/mol. The zero-order valence-corrected chi connectivity index (χ0v) is 17.5. The average molecular weight is 441 g/mol. The Morgan fingerprint density at radius 2 is 1.94 bits per heavy atom. The molecule has 2 unspecified atom stereocenters. The van der Waals surface area contributed by atoms with Crippen molar-refractivity contribution >= 4 is 32.7 Å². The van der Waals surface area contributed by atoms with Gasteiger partial charge in [0.1, 0.15) is 10.7 Å². The molecule has 1 aliphatic heterocycles. The van der Waals surface area contributed by atoms with Crippen LogP contribution in [0.5, 0.6) is 0 Å². The van der Waals surface area contributed by atoms with Crippen molar-refractivity contribution in [1.82, 2.24) is 14.6 Å². The van der Waals surface area contributed by atoms with Crippen LogP contribution >= 0.6 is 0 Å². The molecule has 2 heterocycles. The maximum absolute atomic E-state index is 13.5. The largest absolute Gasteiger partial charge is 0.335 e. The Morgan fingerprint density at radius 3 is 2.68 bits per heavy atom. The van der Waals surface area contributed by atoms with Gasteiger partial charge >= 0.3 is 0 Å². The number of nitrogens with zero attached hydrogens (tertiary/aromatic N) is 2. The first-order valence-electron chi connectivity index (χ1n) is 9.71. The molecular weight excluding hydrogens is 421 g/mol. The molecule has 2 amide bonds. The van der Waals surface area contributed by atoms with Crippen molar-refractivity contribution < 1.29 is 22.4 Å². The van der Waals surface area contributed by atoms with E-state index in [1.165, 1.54) is 24.3 Å². The number of fused-ring (bicyclic) bond motifs is 1. The fourth-order valence-electron chi connectivity index (χ4n) is 3.70. The van der Waals surface area contributed by atoms with Crippen molar-refractivity contribution in [3.05, 3.63) is 72.2 Å². The molecule has 1 saturated heterocycles. The lowest BCUT2D eigenvalue weighted by atomic mass is 10.1. The Hall–Kier alpha value is -3.33. The van der Waals surface area contributed by atoms with E-state index in [2.05, 4.69) is 4.98 Å². The predicted octanol–water partition coefficient (Wildman–Crippen LogP) is 2.79. The van der Waals surface area contributed by atoms with E-state index in [-0.39, 0.29) is 29.8 Å². The molecule has 0 saturated carbocycles. The SMILES string of the molecule is CC(c1ccccc1)N1CC(C(=O)NS(=O)(=O)c2cnc3ccc(F)cc3c2)CC1=O. The maximum Gasteiger partial charge on any atom is 0.265 e. The van der Waals surface area contributed by atoms with Crippen LogP contribution in [0.3, 0.4) is 0 Å². The summed E-state index contributed by atoms with van der Waals surface area (Å²) in [6.07, 6.45) is 1.04. The third-order valence-corrected chi connectivity index (χ3v) is 6.76. The van der Waals surface area contributed by atoms with Crippen LogP contribution in [0.2, 0.25) is 0 Å². The summed E-state index contributed by atoms with van der Waals surface area (Å²) in [5.41, 5.74) is 1.36. The van der Waals surface area contributed by atoms with Crippen LogP contribution in [0.15, 0.2) is 65.7 Å². The molecule has 1 aliphatic rings. The van der Waals surface area contributed by atoms with Crippen LogP contribution in [0, 0.1) is 11.7 Å². The lowest BCUT2D eigenvalue weighted by Gasteiger charge is -2.25. The summed E-state index contributed by atoms with van der Waals surface area (Å²) in [5, 5.41) is 0.300. The first-order valence-corrected chi connectivity index (χ1v) is 11.2. The first-order chi connectivity index (χ1) is 14.7. The number of likely N-dealkylation sites (tertiary alicyclic amines) is 1. The first kappa shape index (κ1) is 20.9. The summed E-state index contributed by atoms with van der Waals surface area (Å²) >= 11 is 0. The number of carbonyl (C=O) groups is 2. The van der Waals surface area contributed by atoms with Gasteiger partial charge < -0.3 is 4.90 Å². The number of aromatic nitrogens is 1. The second-order valence-corrected chi connectivity index (χ2v) is 9.19. The zero-order valence-electron chi connectivity index (χ0n) is 16.7. The van der Waals surface area contributed by atoms with Gasteiger partial charge in [-0.15, -0.1) is 0 Å². The lowest BCUT2D eigenvalue weighted by molar-refractivity contribution is -0.130. The smallest absolute Gasteiger partial charge is 0.265 e. The van der Waals surface area contributed by atoms with E-state index in [9.17, 15) is 22.4 Å². The molecule has 3 aromatic rings. The quantitative estimate of drug-likeness (QED) is 0.657. The van der Waals surface area contributed by atoms with E-state index in [0.29, 0.717) is 10.9 Å². The van der Waals surface area contributed by atoms with Crippen molar-refractivity contribution in [2.75, 3.05) is 6.54 Å². The highest BCUT2D eigenvalue weighted by Crippen LogP contribution is 2.29. The highest BCUT2D eigenvalue weighted by Gasteiger charge is 2.38. The number of nitrogens with one attached hydrogen (secondary N) is 1. The monoisotopic (exact) mass is 441 g/mol. The van der Waals surface area contributed by atoms with Crippen LogP contribution in [0.25, 0.3) is 10.9 Å². The molecule has 160 valence electrons. The van der Waals surface area contributed by atoms with E-state index in [1.54, 1.807) is 4.90 Å². The number of hydrogen-bond acceptors (Lipinski definition) is 5. The summed E-state index contributed by atoms with van der Waals surface area (Å²) in [5.74, 6) is -2.28. The standard InChI is InChI=1S/C22H20FN3O4S/c1-14(15-5-3-2-4-6-15)26-13-17(11-21(26)27)22(28)25-31(29,30)19-10-16-9-18(23)7-8-20(16)24-12-19/h2-10,12,14,17H,11,13H2,1H3,(H,25,28). The van der Waals surface area contributed by atoms with Gasteiger partial charge in [0.15, 0.2) is 0 Å².